The molecule has 8 heterocycles. The van der Waals surface area contributed by atoms with Crippen molar-refractivity contribution in [1.29, 1.82) is 0 Å². The van der Waals surface area contributed by atoms with Gasteiger partial charge in [-0.1, -0.05) is 12.1 Å². The molecule has 0 atom stereocenters. The monoisotopic (exact) mass is 1920 g/mol. The fraction of sp³-hybridized carbons (Fsp3) is 0.347. The zero-order chi connectivity index (χ0) is 97.2. The molecule has 724 valence electrons. The van der Waals surface area contributed by atoms with Crippen LogP contribution >= 0.6 is 0 Å². The zero-order valence-corrected chi connectivity index (χ0v) is 82.2. The van der Waals surface area contributed by atoms with E-state index in [1.54, 1.807) is 106 Å². The molecule has 8 aromatic heterocycles. The molecule has 0 bridgehead atoms. The SMILES string of the molecule is COc1c(C)c(C(=O)c2ccc(N)c(C(=O)O)c2)n2cccc(OCCOCCOCCOCCOCCOCCOCCOc3c(C)c(C(=O)c4ccc(N)c(C(=O)[O-])c4)n4ccccc34)c12.COc1c(C)c(C(=O)c2ccc(N)c(C(=O)O)c2)n2cccc(OCCOCCOCCOCCOCCOCCOCCOc3c(C)c(C(=O)c4ccc(N)c(C(=O)[O-])c4)n4ccccc34)c12.[Na+].[Na+]. The summed E-state index contributed by atoms with van der Waals surface area (Å²) in [5.74, 6) is -4.00. The standard InChI is InChI=1S/2C49H56N4O15.2Na/c2*1-31-41(44(54)33-9-11-37(50)35(29-33)48(56)57)52-13-5-4-7-39(52)46(31)68-28-26-66-24-22-64-20-18-62-16-15-61-17-19-63-21-23-65-25-27-67-40-8-6-14-53-42(32(2)47(60-3)43(40)53)45(55)34-10-12-38(51)36(30-34)49(58)59;;/h2*4-14,29-30H,15-28,50-51H2,1-3H3,(H,56,57)(H,58,59);;/q;;2*+1/p-2. The van der Waals surface area contributed by atoms with Crippen LogP contribution in [-0.2, 0) is 56.8 Å². The second kappa shape index (κ2) is 55.6. The van der Waals surface area contributed by atoms with Crippen LogP contribution in [0.5, 0.6) is 34.5 Å². The average Bonchev–Trinajstić information content (AvgIpc) is 1.60. The summed E-state index contributed by atoms with van der Waals surface area (Å²) in [5.41, 5.74) is 29.2. The molecule has 10 N–H and O–H groups in total. The van der Waals surface area contributed by atoms with E-state index in [-0.39, 0.29) is 191 Å². The van der Waals surface area contributed by atoms with E-state index in [4.69, 9.17) is 108 Å². The van der Waals surface area contributed by atoms with E-state index in [2.05, 4.69) is 0 Å². The molecule has 0 amide bonds. The Bertz CT molecular complexity index is 5800. The quantitative estimate of drug-likeness (QED) is 0.0138. The van der Waals surface area contributed by atoms with Crippen LogP contribution in [-0.4, -0.2) is 274 Å². The van der Waals surface area contributed by atoms with E-state index in [0.717, 1.165) is 0 Å². The molecule has 0 unspecified atom stereocenters. The number of carboxylic acids is 4. The number of fused-ring (bicyclic) bond motifs is 4. The number of nitrogen functional groups attached to an aromatic ring is 4. The van der Waals surface area contributed by atoms with Gasteiger partial charge in [-0.05, 0) is 149 Å². The fourth-order valence-corrected chi connectivity index (χ4v) is 14.8. The number of carbonyl (C=O) groups is 8. The van der Waals surface area contributed by atoms with Crippen LogP contribution in [0.2, 0.25) is 0 Å². The number of hydrogen-bond donors (Lipinski definition) is 6. The van der Waals surface area contributed by atoms with Gasteiger partial charge in [-0.15, -0.1) is 0 Å². The van der Waals surface area contributed by atoms with Gasteiger partial charge in [0.2, 0.25) is 23.1 Å². The molecular weight excluding hydrogens is 1820 g/mol. The molecule has 0 saturated heterocycles. The van der Waals surface area contributed by atoms with Crippen molar-refractivity contribution < 1.29 is 203 Å². The molecule has 0 spiro atoms. The molecule has 38 nitrogen and oxygen atoms in total. The first-order chi connectivity index (χ1) is 65.9. The van der Waals surface area contributed by atoms with E-state index in [1.807, 2.05) is 24.3 Å². The Hall–Kier alpha value is -12.0. The minimum atomic E-state index is -1.46. The summed E-state index contributed by atoms with van der Waals surface area (Å²) in [5, 5.41) is 42.0. The van der Waals surface area contributed by atoms with Crippen molar-refractivity contribution in [2.75, 3.05) is 222 Å². The maximum absolute atomic E-state index is 13.6. The van der Waals surface area contributed by atoms with E-state index >= 15 is 0 Å². The van der Waals surface area contributed by atoms with Crippen LogP contribution in [0.3, 0.4) is 0 Å². The number of aromatic nitrogens is 4. The minimum absolute atomic E-state index is 0. The van der Waals surface area contributed by atoms with Crippen LogP contribution in [0.4, 0.5) is 22.7 Å². The second-order valence-corrected chi connectivity index (χ2v) is 30.2. The third-order valence-corrected chi connectivity index (χ3v) is 21.3. The number of pyridine rings is 4. The topological polar surface area (TPSA) is 511 Å². The van der Waals surface area contributed by atoms with Gasteiger partial charge in [0.1, 0.15) is 83.2 Å². The number of nitrogens with zero attached hydrogens (tertiary/aromatic N) is 4. The van der Waals surface area contributed by atoms with Crippen LogP contribution < -0.4 is 121 Å². The van der Waals surface area contributed by atoms with E-state index in [9.17, 15) is 58.8 Å². The Balaban J connectivity index is 0.000000305. The molecule has 4 aromatic carbocycles. The van der Waals surface area contributed by atoms with Gasteiger partial charge in [0, 0.05) is 103 Å². The molecule has 0 aliphatic rings. The molecule has 0 fully saturated rings. The molecule has 0 aliphatic heterocycles. The maximum Gasteiger partial charge on any atom is 1.00 e. The normalized spacial score (nSPS) is 11.2. The first kappa shape index (κ1) is 110. The number of aromatic carboxylic acids is 4. The number of rotatable bonds is 60. The molecular formula is C98H110N8Na2O30. The molecule has 0 radical (unpaired) electrons. The van der Waals surface area contributed by atoms with Gasteiger partial charge in [0.25, 0.3) is 0 Å². The van der Waals surface area contributed by atoms with Crippen molar-refractivity contribution >= 4 is 91.8 Å². The Morgan fingerprint density at radius 1 is 0.283 bits per heavy atom. The van der Waals surface area contributed by atoms with Gasteiger partial charge in [-0.3, -0.25) is 19.2 Å². The third-order valence-electron chi connectivity index (χ3n) is 21.3. The zero-order valence-electron chi connectivity index (χ0n) is 78.2. The average molecular weight is 1930 g/mol. The number of carboxylic acid groups (broad SMARTS) is 4. The van der Waals surface area contributed by atoms with Crippen molar-refractivity contribution in [2.24, 2.45) is 0 Å². The number of ketones is 4. The van der Waals surface area contributed by atoms with E-state index in [1.165, 1.54) is 87.0 Å². The van der Waals surface area contributed by atoms with Gasteiger partial charge < -0.3 is 156 Å². The number of ether oxygens (including phenoxy) is 18. The molecule has 0 saturated carbocycles. The van der Waals surface area contributed by atoms with Crippen LogP contribution in [0, 0.1) is 27.7 Å². The summed E-state index contributed by atoms with van der Waals surface area (Å²) in [7, 11) is 3.01. The summed E-state index contributed by atoms with van der Waals surface area (Å²) < 4.78 is 109. The largest absolute Gasteiger partial charge is 1.00 e. The van der Waals surface area contributed by atoms with Crippen molar-refractivity contribution in [1.82, 2.24) is 17.6 Å². The predicted molar refractivity (Wildman–Crippen MR) is 493 cm³/mol. The second-order valence-electron chi connectivity index (χ2n) is 30.2. The van der Waals surface area contributed by atoms with Gasteiger partial charge >= 0.3 is 71.1 Å². The molecule has 12 rings (SSSR count). The maximum atomic E-state index is 13.6. The van der Waals surface area contributed by atoms with Gasteiger partial charge in [0.15, 0.2) is 11.5 Å². The summed E-state index contributed by atoms with van der Waals surface area (Å²) >= 11 is 0. The van der Waals surface area contributed by atoms with Crippen molar-refractivity contribution in [3.63, 3.8) is 0 Å². The molecule has 0 aliphatic carbocycles. The van der Waals surface area contributed by atoms with Gasteiger partial charge in [0.05, 0.1) is 207 Å². The Labute approximate surface area is 838 Å². The van der Waals surface area contributed by atoms with Crippen LogP contribution in [0.15, 0.2) is 158 Å². The number of methoxy groups -OCH3 is 2. The van der Waals surface area contributed by atoms with Crippen molar-refractivity contribution in [3.05, 3.63) is 248 Å². The number of carbonyl (C=O) groups excluding carboxylic acids is 6. The van der Waals surface area contributed by atoms with Crippen molar-refractivity contribution in [2.45, 2.75) is 27.7 Å². The third kappa shape index (κ3) is 28.6. The molecule has 40 heteroatoms. The Morgan fingerprint density at radius 2 is 0.507 bits per heavy atom. The predicted octanol–water partition coefficient (Wildman–Crippen LogP) is 2.13. The summed E-state index contributed by atoms with van der Waals surface area (Å²) in [6.07, 6.45) is 6.92. The Kier molecular flexibility index (Phi) is 44.1. The van der Waals surface area contributed by atoms with E-state index < -0.39 is 35.4 Å². The fourth-order valence-electron chi connectivity index (χ4n) is 14.8. The number of hydrogen-bond acceptors (Lipinski definition) is 32. The van der Waals surface area contributed by atoms with Gasteiger partial charge in [-0.2, -0.15) is 0 Å². The smallest absolute Gasteiger partial charge is 0.545 e. The minimum Gasteiger partial charge on any atom is -0.545 e. The summed E-state index contributed by atoms with van der Waals surface area (Å²) in [6.45, 7) is 16.7. The van der Waals surface area contributed by atoms with Crippen LogP contribution in [0.1, 0.15) is 128 Å². The first-order valence-corrected chi connectivity index (χ1v) is 43.5. The van der Waals surface area contributed by atoms with Gasteiger partial charge in [-0.25, -0.2) is 9.59 Å². The Morgan fingerprint density at radius 3 is 0.761 bits per heavy atom. The summed E-state index contributed by atoms with van der Waals surface area (Å²) in [4.78, 5) is 101. The first-order valence-electron chi connectivity index (χ1n) is 43.5. The molecule has 12 aromatic rings. The van der Waals surface area contributed by atoms with Crippen LogP contribution in [0.25, 0.3) is 22.1 Å². The number of benzene rings is 4. The summed E-state index contributed by atoms with van der Waals surface area (Å²) in [6, 6.07) is 34.4. The van der Waals surface area contributed by atoms with Crippen molar-refractivity contribution in [3.8, 4) is 34.5 Å². The molecule has 138 heavy (non-hydrogen) atoms. The number of anilines is 4. The van der Waals surface area contributed by atoms with E-state index in [0.29, 0.717) is 234 Å². The number of nitrogens with two attached hydrogens (primary N) is 4.